The summed E-state index contributed by atoms with van der Waals surface area (Å²) in [5.41, 5.74) is 5.61. The molecule has 2 saturated heterocycles. The summed E-state index contributed by atoms with van der Waals surface area (Å²) in [7, 11) is 0. The predicted octanol–water partition coefficient (Wildman–Crippen LogP) is 1.60. The lowest BCUT2D eigenvalue weighted by molar-refractivity contribution is 0.256. The van der Waals surface area contributed by atoms with Gasteiger partial charge in [0.1, 0.15) is 0 Å². The van der Waals surface area contributed by atoms with Crippen molar-refractivity contribution in [3.05, 3.63) is 0 Å². The first-order chi connectivity index (χ1) is 6.40. The fourth-order valence-electron chi connectivity index (χ4n) is 2.98. The van der Waals surface area contributed by atoms with Crippen LogP contribution in [0.15, 0.2) is 0 Å². The third-order valence-corrected chi connectivity index (χ3v) is 3.67. The smallest absolute Gasteiger partial charge is 0.00984 e. The Hall–Kier alpha value is -0.0800. The fourth-order valence-corrected chi connectivity index (χ4v) is 2.98. The highest BCUT2D eigenvalue weighted by Gasteiger charge is 2.31. The third kappa shape index (κ3) is 2.23. The van der Waals surface area contributed by atoms with Gasteiger partial charge in [-0.25, -0.2) is 0 Å². The fraction of sp³-hybridized carbons (Fsp3) is 1.00. The normalized spacial score (nSPS) is 35.8. The molecule has 2 fully saturated rings. The molecule has 2 unspecified atom stereocenters. The number of nitrogens with two attached hydrogens (primary N) is 1. The second kappa shape index (κ2) is 4.43. The molecule has 0 aromatic heterocycles. The minimum absolute atomic E-state index is 0.880. The van der Waals surface area contributed by atoms with Gasteiger partial charge in [0.2, 0.25) is 0 Å². The molecular weight excluding hydrogens is 160 g/mol. The summed E-state index contributed by atoms with van der Waals surface area (Å²) in [4.78, 5) is 2.72. The molecule has 2 rings (SSSR count). The quantitative estimate of drug-likeness (QED) is 0.703. The number of rotatable bonds is 2. The van der Waals surface area contributed by atoms with Crippen LogP contribution in [0.3, 0.4) is 0 Å². The monoisotopic (exact) mass is 182 g/mol. The van der Waals surface area contributed by atoms with Crippen LogP contribution in [0.25, 0.3) is 0 Å². The van der Waals surface area contributed by atoms with Crippen molar-refractivity contribution in [1.29, 1.82) is 0 Å². The van der Waals surface area contributed by atoms with Crippen LogP contribution in [0.2, 0.25) is 0 Å². The second-order valence-corrected chi connectivity index (χ2v) is 4.68. The van der Waals surface area contributed by atoms with Crippen molar-refractivity contribution < 1.29 is 0 Å². The van der Waals surface area contributed by atoms with E-state index in [0.717, 1.165) is 18.5 Å². The van der Waals surface area contributed by atoms with Gasteiger partial charge in [-0.3, -0.25) is 0 Å². The summed E-state index contributed by atoms with van der Waals surface area (Å²) >= 11 is 0. The van der Waals surface area contributed by atoms with E-state index >= 15 is 0 Å². The van der Waals surface area contributed by atoms with Crippen LogP contribution in [0.1, 0.15) is 38.5 Å². The maximum Gasteiger partial charge on any atom is 0.00984 e. The van der Waals surface area contributed by atoms with Gasteiger partial charge in [0, 0.05) is 12.6 Å². The summed E-state index contributed by atoms with van der Waals surface area (Å²) in [6.07, 6.45) is 8.45. The Balaban J connectivity index is 1.86. The molecule has 0 aliphatic carbocycles. The zero-order valence-electron chi connectivity index (χ0n) is 8.54. The van der Waals surface area contributed by atoms with Crippen LogP contribution in [0.4, 0.5) is 0 Å². The van der Waals surface area contributed by atoms with Crippen LogP contribution < -0.4 is 5.73 Å². The largest absolute Gasteiger partial charge is 0.330 e. The molecule has 2 N–H and O–H groups in total. The lowest BCUT2D eigenvalue weighted by atomic mass is 9.99. The van der Waals surface area contributed by atoms with E-state index in [1.54, 1.807) is 0 Å². The standard InChI is InChI=1S/C11H22N2/c12-6-5-10-8-11-4-2-1-3-7-13(11)9-10/h10-11H,1-9,12H2. The van der Waals surface area contributed by atoms with E-state index in [1.807, 2.05) is 0 Å². The number of fused-ring (bicyclic) bond motifs is 1. The zero-order valence-corrected chi connectivity index (χ0v) is 8.54. The molecule has 0 aromatic carbocycles. The molecule has 2 heterocycles. The van der Waals surface area contributed by atoms with E-state index in [2.05, 4.69) is 4.90 Å². The van der Waals surface area contributed by atoms with Crippen molar-refractivity contribution in [1.82, 2.24) is 4.90 Å². The van der Waals surface area contributed by atoms with Gasteiger partial charge >= 0.3 is 0 Å². The minimum Gasteiger partial charge on any atom is -0.330 e. The van der Waals surface area contributed by atoms with Crippen molar-refractivity contribution in [2.45, 2.75) is 44.6 Å². The van der Waals surface area contributed by atoms with Crippen LogP contribution >= 0.6 is 0 Å². The summed E-state index contributed by atoms with van der Waals surface area (Å²) in [6, 6.07) is 0.916. The summed E-state index contributed by atoms with van der Waals surface area (Å²) < 4.78 is 0. The third-order valence-electron chi connectivity index (χ3n) is 3.67. The maximum atomic E-state index is 5.61. The summed E-state index contributed by atoms with van der Waals surface area (Å²) in [5.74, 6) is 0.910. The molecule has 13 heavy (non-hydrogen) atoms. The van der Waals surface area contributed by atoms with Gasteiger partial charge in [-0.15, -0.1) is 0 Å². The van der Waals surface area contributed by atoms with Gasteiger partial charge in [-0.1, -0.05) is 12.8 Å². The van der Waals surface area contributed by atoms with Crippen LogP contribution in [-0.2, 0) is 0 Å². The molecule has 0 radical (unpaired) electrons. The SMILES string of the molecule is NCCC1CC2CCCCCN2C1. The van der Waals surface area contributed by atoms with Gasteiger partial charge < -0.3 is 10.6 Å². The molecule has 2 nitrogen and oxygen atoms in total. The molecule has 0 bridgehead atoms. The molecule has 0 amide bonds. The van der Waals surface area contributed by atoms with Crippen molar-refractivity contribution in [2.75, 3.05) is 19.6 Å². The van der Waals surface area contributed by atoms with Crippen LogP contribution in [0, 0.1) is 5.92 Å². The van der Waals surface area contributed by atoms with E-state index in [0.29, 0.717) is 0 Å². The van der Waals surface area contributed by atoms with Gasteiger partial charge in [0.15, 0.2) is 0 Å². The molecule has 0 spiro atoms. The Morgan fingerprint density at radius 2 is 2.15 bits per heavy atom. The molecule has 2 atom stereocenters. The molecule has 2 aliphatic heterocycles. The van der Waals surface area contributed by atoms with Crippen molar-refractivity contribution in [2.24, 2.45) is 11.7 Å². The second-order valence-electron chi connectivity index (χ2n) is 4.68. The van der Waals surface area contributed by atoms with Gasteiger partial charge in [-0.2, -0.15) is 0 Å². The first-order valence-corrected chi connectivity index (χ1v) is 5.84. The number of hydrogen-bond donors (Lipinski definition) is 1. The minimum atomic E-state index is 0.880. The zero-order chi connectivity index (χ0) is 9.10. The maximum absolute atomic E-state index is 5.61. The topological polar surface area (TPSA) is 29.3 Å². The van der Waals surface area contributed by atoms with Crippen molar-refractivity contribution in [3.8, 4) is 0 Å². The average molecular weight is 182 g/mol. The first-order valence-electron chi connectivity index (χ1n) is 5.84. The van der Waals surface area contributed by atoms with Crippen LogP contribution in [-0.4, -0.2) is 30.6 Å². The Morgan fingerprint density at radius 3 is 3.00 bits per heavy atom. The van der Waals surface area contributed by atoms with E-state index in [4.69, 9.17) is 5.73 Å². The Kier molecular flexibility index (Phi) is 3.23. The molecular formula is C11H22N2. The highest BCUT2D eigenvalue weighted by Crippen LogP contribution is 2.30. The van der Waals surface area contributed by atoms with Crippen molar-refractivity contribution in [3.63, 3.8) is 0 Å². The molecule has 2 aliphatic rings. The molecule has 2 heteroatoms. The Labute approximate surface area is 81.5 Å². The van der Waals surface area contributed by atoms with Gasteiger partial charge in [0.05, 0.1) is 0 Å². The predicted molar refractivity (Wildman–Crippen MR) is 55.6 cm³/mol. The molecule has 0 aromatic rings. The molecule has 76 valence electrons. The highest BCUT2D eigenvalue weighted by molar-refractivity contribution is 4.86. The Bertz CT molecular complexity index is 144. The van der Waals surface area contributed by atoms with Crippen molar-refractivity contribution >= 4 is 0 Å². The lowest BCUT2D eigenvalue weighted by Gasteiger charge is -2.20. The Morgan fingerprint density at radius 1 is 1.23 bits per heavy atom. The number of hydrogen-bond acceptors (Lipinski definition) is 2. The van der Waals surface area contributed by atoms with E-state index in [-0.39, 0.29) is 0 Å². The van der Waals surface area contributed by atoms with E-state index in [1.165, 1.54) is 51.6 Å². The lowest BCUT2D eigenvalue weighted by Crippen LogP contribution is -2.28. The van der Waals surface area contributed by atoms with Crippen LogP contribution in [0.5, 0.6) is 0 Å². The highest BCUT2D eigenvalue weighted by atomic mass is 15.2. The van der Waals surface area contributed by atoms with Gasteiger partial charge in [0.25, 0.3) is 0 Å². The van der Waals surface area contributed by atoms with E-state index in [9.17, 15) is 0 Å². The first kappa shape index (κ1) is 9.47. The van der Waals surface area contributed by atoms with E-state index < -0.39 is 0 Å². The molecule has 0 saturated carbocycles. The summed E-state index contributed by atoms with van der Waals surface area (Å²) in [6.45, 7) is 3.57. The summed E-state index contributed by atoms with van der Waals surface area (Å²) in [5, 5.41) is 0. The average Bonchev–Trinajstić information content (AvgIpc) is 2.37. The number of nitrogens with zero attached hydrogens (tertiary/aromatic N) is 1. The van der Waals surface area contributed by atoms with Gasteiger partial charge in [-0.05, 0) is 44.7 Å².